The van der Waals surface area contributed by atoms with E-state index in [-0.39, 0.29) is 0 Å². The summed E-state index contributed by atoms with van der Waals surface area (Å²) >= 11 is 0. The molecule has 0 radical (unpaired) electrons. The molecule has 2 fully saturated rings. The van der Waals surface area contributed by atoms with Crippen LogP contribution in [-0.4, -0.2) is 0 Å². The first kappa shape index (κ1) is 23.9. The Kier molecular flexibility index (Phi) is 9.50. The first-order valence-electron chi connectivity index (χ1n) is 12.2. The molecule has 2 aliphatic rings. The predicted octanol–water partition coefficient (Wildman–Crippen LogP) is 8.45. The Morgan fingerprint density at radius 1 is 0.871 bits per heavy atom. The highest BCUT2D eigenvalue weighted by molar-refractivity contribution is 5.17. The summed E-state index contributed by atoms with van der Waals surface area (Å²) < 4.78 is 39.2. The molecule has 0 heterocycles. The van der Waals surface area contributed by atoms with Crippen molar-refractivity contribution in [1.29, 1.82) is 5.26 Å². The molecule has 0 saturated heterocycles. The Morgan fingerprint density at radius 2 is 1.48 bits per heavy atom. The molecule has 0 atom stereocenters. The molecular weight excluding hydrogens is 395 g/mol. The second-order valence-electron chi connectivity index (χ2n) is 9.80. The summed E-state index contributed by atoms with van der Waals surface area (Å²) in [6.45, 7) is 0. The number of nitrogens with zero attached hydrogens (tertiary/aromatic N) is 1. The van der Waals surface area contributed by atoms with Gasteiger partial charge in [-0.15, -0.1) is 0 Å². The summed E-state index contributed by atoms with van der Waals surface area (Å²) in [6.07, 6.45) is 18.0. The van der Waals surface area contributed by atoms with Gasteiger partial charge in [0.15, 0.2) is 17.5 Å². The summed E-state index contributed by atoms with van der Waals surface area (Å²) in [5, 5.41) is 8.48. The summed E-state index contributed by atoms with van der Waals surface area (Å²) in [5.74, 6) is 1.14. The Hall–Kier alpha value is -1.76. The fourth-order valence-electron chi connectivity index (χ4n) is 5.85. The number of allylic oxidation sites excluding steroid dienone is 2. The third-order valence-electron chi connectivity index (χ3n) is 7.77. The molecule has 0 unspecified atom stereocenters. The molecule has 31 heavy (non-hydrogen) atoms. The van der Waals surface area contributed by atoms with Gasteiger partial charge in [0.2, 0.25) is 0 Å². The van der Waals surface area contributed by atoms with Gasteiger partial charge in [0.1, 0.15) is 6.07 Å². The fraction of sp³-hybridized carbons (Fsp3) is 0.667. The topological polar surface area (TPSA) is 23.8 Å². The maximum Gasteiger partial charge on any atom is 0.196 e. The highest BCUT2D eigenvalue weighted by Crippen LogP contribution is 2.43. The van der Waals surface area contributed by atoms with Crippen molar-refractivity contribution in [2.75, 3.05) is 0 Å². The molecule has 170 valence electrons. The highest BCUT2D eigenvalue weighted by atomic mass is 19.2. The van der Waals surface area contributed by atoms with Crippen LogP contribution in [0.15, 0.2) is 30.1 Å². The van der Waals surface area contributed by atoms with E-state index >= 15 is 0 Å². The molecule has 0 N–H and O–H groups in total. The molecular formula is C27H36F3N. The van der Waals surface area contributed by atoms with E-state index < -0.39 is 17.5 Å². The van der Waals surface area contributed by atoms with Gasteiger partial charge in [-0.05, 0) is 98.8 Å². The molecule has 2 saturated carbocycles. The van der Waals surface area contributed by atoms with E-state index in [0.29, 0.717) is 12.3 Å². The van der Waals surface area contributed by atoms with Gasteiger partial charge >= 0.3 is 0 Å². The van der Waals surface area contributed by atoms with Gasteiger partial charge in [-0.25, -0.2) is 8.78 Å². The van der Waals surface area contributed by atoms with Crippen molar-refractivity contribution >= 4 is 0 Å². The molecule has 0 amide bonds. The Morgan fingerprint density at radius 3 is 2.06 bits per heavy atom. The first-order chi connectivity index (χ1) is 15.0. The zero-order valence-corrected chi connectivity index (χ0v) is 18.6. The predicted molar refractivity (Wildman–Crippen MR) is 119 cm³/mol. The van der Waals surface area contributed by atoms with Crippen LogP contribution in [0.3, 0.4) is 0 Å². The van der Waals surface area contributed by atoms with E-state index in [0.717, 1.165) is 42.6 Å². The van der Waals surface area contributed by atoms with Gasteiger partial charge < -0.3 is 0 Å². The van der Waals surface area contributed by atoms with E-state index in [9.17, 15) is 13.2 Å². The minimum absolute atomic E-state index is 0.644. The highest BCUT2D eigenvalue weighted by Gasteiger charge is 2.30. The second-order valence-corrected chi connectivity index (χ2v) is 9.80. The molecule has 0 spiro atoms. The van der Waals surface area contributed by atoms with Crippen LogP contribution in [0.1, 0.15) is 89.0 Å². The number of halogens is 3. The summed E-state index contributed by atoms with van der Waals surface area (Å²) in [6, 6.07) is 5.80. The molecule has 1 aromatic rings. The largest absolute Gasteiger partial charge is 0.204 e. The van der Waals surface area contributed by atoms with Crippen LogP contribution < -0.4 is 0 Å². The number of rotatable bonds is 9. The van der Waals surface area contributed by atoms with E-state index in [2.05, 4.69) is 0 Å². The third kappa shape index (κ3) is 7.70. The second kappa shape index (κ2) is 12.3. The van der Waals surface area contributed by atoms with Crippen molar-refractivity contribution in [3.63, 3.8) is 0 Å². The van der Waals surface area contributed by atoms with E-state index in [1.54, 1.807) is 12.1 Å². The molecule has 3 rings (SSSR count). The molecule has 1 nitrogen and oxygen atoms in total. The minimum atomic E-state index is -0.767. The Labute approximate surface area is 185 Å². The lowest BCUT2D eigenvalue weighted by Crippen LogP contribution is -2.25. The Balaban J connectivity index is 1.27. The van der Waals surface area contributed by atoms with Gasteiger partial charge in [0, 0.05) is 0 Å². The lowest BCUT2D eigenvalue weighted by Gasteiger charge is -2.38. The van der Waals surface area contributed by atoms with Crippen LogP contribution in [0, 0.1) is 46.6 Å². The van der Waals surface area contributed by atoms with E-state index in [1.165, 1.54) is 82.4 Å². The number of aryl methyl sites for hydroxylation is 1. The SMILES string of the molecule is N#C/C(F)=C/CCC1CCC([C@H]2CC[C@H](CCCCc3ccc(F)c(F)c3)CC2)CC1. The van der Waals surface area contributed by atoms with Crippen molar-refractivity contribution in [1.82, 2.24) is 0 Å². The Bertz CT molecular complexity index is 750. The van der Waals surface area contributed by atoms with Gasteiger partial charge in [-0.2, -0.15) is 9.65 Å². The van der Waals surface area contributed by atoms with E-state index in [4.69, 9.17) is 5.26 Å². The van der Waals surface area contributed by atoms with Crippen molar-refractivity contribution < 1.29 is 13.2 Å². The van der Waals surface area contributed by atoms with Crippen molar-refractivity contribution in [3.05, 3.63) is 47.3 Å². The standard InChI is InChI=1S/C27H36F3N/c28-25(19-31)7-3-6-21-10-15-24(16-11-21)23-13-8-20(9-14-23)4-1-2-5-22-12-17-26(29)27(30)18-22/h7,12,17-18,20-21,23-24H,1-6,8-11,13-16H2/b25-7-/t20-,21?,23-,24?. The molecule has 0 aromatic heterocycles. The van der Waals surface area contributed by atoms with Crippen LogP contribution >= 0.6 is 0 Å². The molecule has 2 aliphatic carbocycles. The maximum absolute atomic E-state index is 13.3. The smallest absolute Gasteiger partial charge is 0.196 e. The van der Waals surface area contributed by atoms with E-state index in [1.807, 2.05) is 0 Å². The van der Waals surface area contributed by atoms with Crippen LogP contribution in [-0.2, 0) is 6.42 Å². The van der Waals surface area contributed by atoms with Gasteiger partial charge in [-0.1, -0.05) is 44.6 Å². The molecule has 1 aromatic carbocycles. The zero-order valence-electron chi connectivity index (χ0n) is 18.6. The summed E-state index contributed by atoms with van der Waals surface area (Å²) in [4.78, 5) is 0. The molecule has 0 aliphatic heterocycles. The van der Waals surface area contributed by atoms with Gasteiger partial charge in [0.05, 0.1) is 0 Å². The number of hydrogen-bond acceptors (Lipinski definition) is 1. The first-order valence-corrected chi connectivity index (χ1v) is 12.2. The number of hydrogen-bond donors (Lipinski definition) is 0. The van der Waals surface area contributed by atoms with Crippen molar-refractivity contribution in [2.45, 2.75) is 89.9 Å². The normalized spacial score (nSPS) is 27.1. The number of unbranched alkanes of at least 4 members (excludes halogenated alkanes) is 1. The average Bonchev–Trinajstić information content (AvgIpc) is 2.80. The van der Waals surface area contributed by atoms with Gasteiger partial charge in [-0.3, -0.25) is 0 Å². The monoisotopic (exact) mass is 431 g/mol. The molecule has 4 heteroatoms. The average molecular weight is 432 g/mol. The fourth-order valence-corrected chi connectivity index (χ4v) is 5.85. The summed E-state index contributed by atoms with van der Waals surface area (Å²) in [5.41, 5.74) is 0.893. The van der Waals surface area contributed by atoms with Crippen LogP contribution in [0.5, 0.6) is 0 Å². The third-order valence-corrected chi connectivity index (χ3v) is 7.77. The van der Waals surface area contributed by atoms with Gasteiger partial charge in [0.25, 0.3) is 0 Å². The quantitative estimate of drug-likeness (QED) is 0.284. The summed E-state index contributed by atoms with van der Waals surface area (Å²) in [7, 11) is 0. The maximum atomic E-state index is 13.3. The molecule has 0 bridgehead atoms. The lowest BCUT2D eigenvalue weighted by molar-refractivity contribution is 0.140. The lowest BCUT2D eigenvalue weighted by atomic mass is 9.68. The van der Waals surface area contributed by atoms with Crippen LogP contribution in [0.4, 0.5) is 13.2 Å². The van der Waals surface area contributed by atoms with Crippen molar-refractivity contribution in [3.8, 4) is 6.07 Å². The number of nitriles is 1. The zero-order chi connectivity index (χ0) is 22.1. The van der Waals surface area contributed by atoms with Crippen LogP contribution in [0.2, 0.25) is 0 Å². The van der Waals surface area contributed by atoms with Crippen molar-refractivity contribution in [2.24, 2.45) is 23.7 Å². The van der Waals surface area contributed by atoms with Crippen LogP contribution in [0.25, 0.3) is 0 Å². The number of benzene rings is 1. The minimum Gasteiger partial charge on any atom is -0.204 e.